The lowest BCUT2D eigenvalue weighted by atomic mass is 9.99. The molecular weight excluding hydrogens is 620 g/mol. The summed E-state index contributed by atoms with van der Waals surface area (Å²) in [7, 11) is -1.01. The van der Waals surface area contributed by atoms with Crippen molar-refractivity contribution in [3.63, 3.8) is 0 Å². The maximum atomic E-state index is 14.7. The number of amides is 1. The van der Waals surface area contributed by atoms with Crippen LogP contribution in [-0.2, 0) is 23.1 Å². The van der Waals surface area contributed by atoms with E-state index in [0.29, 0.717) is 35.9 Å². The minimum Gasteiger partial charge on any atom is -0.497 e. The van der Waals surface area contributed by atoms with Crippen molar-refractivity contribution in [2.45, 2.75) is 24.4 Å². The van der Waals surface area contributed by atoms with Crippen LogP contribution < -0.4 is 14.2 Å². The van der Waals surface area contributed by atoms with Gasteiger partial charge >= 0.3 is 6.09 Å². The molecule has 0 saturated heterocycles. The number of nitrogens with zero attached hydrogens (tertiary/aromatic N) is 3. The van der Waals surface area contributed by atoms with E-state index in [9.17, 15) is 18.3 Å². The van der Waals surface area contributed by atoms with E-state index in [4.69, 9.17) is 14.2 Å². The van der Waals surface area contributed by atoms with Gasteiger partial charge in [-0.2, -0.15) is 4.31 Å². The number of fused-ring (bicyclic) bond motifs is 1. The van der Waals surface area contributed by atoms with Gasteiger partial charge in [-0.3, -0.25) is 0 Å². The van der Waals surface area contributed by atoms with E-state index < -0.39 is 16.1 Å². The molecule has 2 N–H and O–H groups in total. The highest BCUT2D eigenvalue weighted by molar-refractivity contribution is 7.89. The molecule has 47 heavy (non-hydrogen) atoms. The first kappa shape index (κ1) is 31.6. The molecule has 3 aromatic carbocycles. The van der Waals surface area contributed by atoms with Crippen LogP contribution in [0.5, 0.6) is 23.0 Å². The first-order valence-electron chi connectivity index (χ1n) is 14.9. The van der Waals surface area contributed by atoms with Crippen molar-refractivity contribution in [2.75, 3.05) is 27.3 Å². The fourth-order valence-electron chi connectivity index (χ4n) is 5.44. The van der Waals surface area contributed by atoms with Gasteiger partial charge < -0.3 is 29.2 Å². The van der Waals surface area contributed by atoms with E-state index >= 15 is 0 Å². The molecule has 0 bridgehead atoms. The molecule has 0 aliphatic carbocycles. The van der Waals surface area contributed by atoms with Crippen LogP contribution in [0.1, 0.15) is 23.1 Å². The van der Waals surface area contributed by atoms with E-state index in [-0.39, 0.29) is 30.3 Å². The Morgan fingerprint density at radius 1 is 0.915 bits per heavy atom. The summed E-state index contributed by atoms with van der Waals surface area (Å²) in [6.07, 6.45) is 4.66. The maximum Gasteiger partial charge on any atom is 0.407 e. The highest BCUT2D eigenvalue weighted by atomic mass is 32.2. The van der Waals surface area contributed by atoms with Crippen molar-refractivity contribution in [3.8, 4) is 23.0 Å². The van der Waals surface area contributed by atoms with Gasteiger partial charge in [0.1, 0.15) is 33.5 Å². The number of benzene rings is 3. The number of aromatic nitrogens is 2. The molecule has 0 unspecified atom stereocenters. The molecule has 2 aromatic heterocycles. The Balaban J connectivity index is 1.41. The summed E-state index contributed by atoms with van der Waals surface area (Å²) < 4.78 is 47.7. The molecule has 1 aliphatic heterocycles. The molecule has 12 heteroatoms. The van der Waals surface area contributed by atoms with Crippen LogP contribution in [0.25, 0.3) is 16.6 Å². The van der Waals surface area contributed by atoms with Gasteiger partial charge in [-0.15, -0.1) is 0 Å². The largest absolute Gasteiger partial charge is 0.497 e. The smallest absolute Gasteiger partial charge is 0.407 e. The van der Waals surface area contributed by atoms with Gasteiger partial charge in [0.2, 0.25) is 10.0 Å². The Morgan fingerprint density at radius 3 is 2.15 bits per heavy atom. The lowest BCUT2D eigenvalue weighted by molar-refractivity contribution is 0.150. The normalized spacial score (nSPS) is 13.4. The number of hydrogen-bond donors (Lipinski definition) is 2. The molecule has 1 aliphatic rings. The van der Waals surface area contributed by atoms with Crippen LogP contribution in [0.3, 0.4) is 0 Å². The predicted octanol–water partition coefficient (Wildman–Crippen LogP) is 6.53. The van der Waals surface area contributed by atoms with Gasteiger partial charge in [-0.05, 0) is 77.2 Å². The molecular formula is C35H34N4O7S. The molecule has 5 aromatic rings. The summed E-state index contributed by atoms with van der Waals surface area (Å²) in [6, 6.07) is 23.2. The van der Waals surface area contributed by atoms with E-state index in [0.717, 1.165) is 27.6 Å². The van der Waals surface area contributed by atoms with Crippen molar-refractivity contribution in [1.82, 2.24) is 19.2 Å². The van der Waals surface area contributed by atoms with Gasteiger partial charge in [-0.25, -0.2) is 18.2 Å². The number of sulfonamides is 1. The maximum absolute atomic E-state index is 14.7. The molecule has 1 amide bonds. The van der Waals surface area contributed by atoms with Crippen LogP contribution in [0, 0.1) is 0 Å². The summed E-state index contributed by atoms with van der Waals surface area (Å²) in [4.78, 5) is 20.2. The number of nitrogens with one attached hydrogen (secondary N) is 1. The number of aromatic amines is 1. The Kier molecular flexibility index (Phi) is 9.14. The number of H-pyrrole nitrogens is 1. The standard InChI is InChI=1S/C35H34N4O7S/c1-44-29-8-3-24(4-9-29)22-39(23-25-5-10-30(45-2)11-6-25)47(42,43)33-12-7-27(26-14-17-38(18-15-26)35(40)41)20-32(33)46-31-19-28-13-16-36-34(28)37-21-31/h3-14,16,19-21H,15,17-18,22-23H2,1-2H3,(H,36,37)(H,40,41). The molecule has 0 spiro atoms. The summed E-state index contributed by atoms with van der Waals surface area (Å²) >= 11 is 0. The number of rotatable bonds is 11. The predicted molar refractivity (Wildman–Crippen MR) is 177 cm³/mol. The van der Waals surface area contributed by atoms with Crippen LogP contribution in [0.2, 0.25) is 0 Å². The highest BCUT2D eigenvalue weighted by Crippen LogP contribution is 2.36. The van der Waals surface area contributed by atoms with E-state index in [1.165, 1.54) is 9.21 Å². The lowest BCUT2D eigenvalue weighted by Crippen LogP contribution is -2.33. The zero-order valence-electron chi connectivity index (χ0n) is 25.9. The summed E-state index contributed by atoms with van der Waals surface area (Å²) in [5, 5.41) is 10.2. The Bertz CT molecular complexity index is 1970. The minimum atomic E-state index is -4.16. The van der Waals surface area contributed by atoms with E-state index in [1.807, 2.05) is 36.4 Å². The zero-order chi connectivity index (χ0) is 33.0. The second-order valence-corrected chi connectivity index (χ2v) is 12.9. The number of carbonyl (C=O) groups is 1. The molecule has 242 valence electrons. The second kappa shape index (κ2) is 13.6. The first-order chi connectivity index (χ1) is 22.7. The molecule has 6 rings (SSSR count). The van der Waals surface area contributed by atoms with Crippen molar-refractivity contribution < 1.29 is 32.5 Å². The molecule has 11 nitrogen and oxygen atoms in total. The highest BCUT2D eigenvalue weighted by Gasteiger charge is 2.30. The third-order valence-corrected chi connectivity index (χ3v) is 9.88. The topological polar surface area (TPSA) is 134 Å². The summed E-state index contributed by atoms with van der Waals surface area (Å²) in [5.74, 6) is 1.84. The summed E-state index contributed by atoms with van der Waals surface area (Å²) in [5.41, 5.74) is 3.89. The van der Waals surface area contributed by atoms with Gasteiger partial charge in [0, 0.05) is 37.8 Å². The third-order valence-electron chi connectivity index (χ3n) is 8.05. The van der Waals surface area contributed by atoms with Crippen molar-refractivity contribution in [2.24, 2.45) is 0 Å². The van der Waals surface area contributed by atoms with Crippen LogP contribution in [-0.4, -0.2) is 66.1 Å². The van der Waals surface area contributed by atoms with E-state index in [2.05, 4.69) is 9.97 Å². The molecule has 0 radical (unpaired) electrons. The Morgan fingerprint density at radius 2 is 1.57 bits per heavy atom. The molecule has 3 heterocycles. The number of methoxy groups -OCH3 is 2. The van der Waals surface area contributed by atoms with E-state index in [1.54, 1.807) is 75.1 Å². The van der Waals surface area contributed by atoms with Crippen molar-refractivity contribution >= 4 is 32.7 Å². The zero-order valence-corrected chi connectivity index (χ0v) is 26.7. The number of pyridine rings is 1. The van der Waals surface area contributed by atoms with Crippen molar-refractivity contribution in [1.29, 1.82) is 0 Å². The fourth-order valence-corrected chi connectivity index (χ4v) is 6.95. The average Bonchev–Trinajstić information content (AvgIpc) is 3.57. The van der Waals surface area contributed by atoms with Crippen LogP contribution in [0.4, 0.5) is 4.79 Å². The first-order valence-corrected chi connectivity index (χ1v) is 16.4. The minimum absolute atomic E-state index is 0.0130. The number of carboxylic acid groups (broad SMARTS) is 1. The van der Waals surface area contributed by atoms with Gasteiger partial charge in [0.15, 0.2) is 0 Å². The fraction of sp³-hybridized carbons (Fsp3) is 0.200. The van der Waals surface area contributed by atoms with Gasteiger partial charge in [0.25, 0.3) is 0 Å². The summed E-state index contributed by atoms with van der Waals surface area (Å²) in [6.45, 7) is 0.759. The Labute approximate surface area is 272 Å². The average molecular weight is 655 g/mol. The SMILES string of the molecule is COc1ccc(CN(Cc2ccc(OC)cc2)S(=O)(=O)c2ccc(C3=CCN(C(=O)O)CC3)cc2Oc2cnc3[nH]ccc3c2)cc1. The lowest BCUT2D eigenvalue weighted by Gasteiger charge is -2.26. The quantitative estimate of drug-likeness (QED) is 0.164. The number of hydrogen-bond acceptors (Lipinski definition) is 7. The van der Waals surface area contributed by atoms with Crippen molar-refractivity contribution in [3.05, 3.63) is 114 Å². The monoisotopic (exact) mass is 654 g/mol. The Hall–Kier alpha value is -5.33. The van der Waals surface area contributed by atoms with Crippen LogP contribution in [0.15, 0.2) is 102 Å². The van der Waals surface area contributed by atoms with Gasteiger partial charge in [-0.1, -0.05) is 36.4 Å². The number of ether oxygens (including phenoxy) is 3. The molecule has 0 fully saturated rings. The molecule has 0 saturated carbocycles. The molecule has 0 atom stereocenters. The van der Waals surface area contributed by atoms with Gasteiger partial charge in [0.05, 0.1) is 20.4 Å². The third kappa shape index (κ3) is 7.08. The second-order valence-electron chi connectivity index (χ2n) is 11.0. The van der Waals surface area contributed by atoms with Crippen LogP contribution >= 0.6 is 0 Å².